The van der Waals surface area contributed by atoms with E-state index in [1.165, 1.54) is 0 Å². The van der Waals surface area contributed by atoms with E-state index >= 15 is 0 Å². The summed E-state index contributed by atoms with van der Waals surface area (Å²) in [6.45, 7) is 3.92. The highest BCUT2D eigenvalue weighted by Crippen LogP contribution is 2.16. The molecule has 0 aliphatic rings. The molecule has 0 bridgehead atoms. The van der Waals surface area contributed by atoms with Gasteiger partial charge in [-0.05, 0) is 19.9 Å². The third-order valence-corrected chi connectivity index (χ3v) is 2.77. The zero-order chi connectivity index (χ0) is 14.0. The van der Waals surface area contributed by atoms with Crippen molar-refractivity contribution in [3.05, 3.63) is 34.4 Å². The predicted molar refractivity (Wildman–Crippen MR) is 62.8 cm³/mol. The zero-order valence-electron chi connectivity index (χ0n) is 10.4. The minimum Gasteiger partial charge on any atom is -0.346 e. The second-order valence-electron chi connectivity index (χ2n) is 4.10. The van der Waals surface area contributed by atoms with Crippen molar-refractivity contribution in [2.75, 3.05) is 0 Å². The van der Waals surface area contributed by atoms with Crippen LogP contribution in [0.4, 0.5) is 8.78 Å². The number of halogens is 2. The molecule has 0 radical (unpaired) electrons. The van der Waals surface area contributed by atoms with Crippen LogP contribution in [0.25, 0.3) is 0 Å². The highest BCUT2D eigenvalue weighted by molar-refractivity contribution is 5.92. The molecular formula is C11H13F2N5O. The fraction of sp³-hybridized carbons (Fsp3) is 0.364. The Balaban J connectivity index is 2.01. The summed E-state index contributed by atoms with van der Waals surface area (Å²) in [5, 5.41) is 15.1. The van der Waals surface area contributed by atoms with Gasteiger partial charge in [-0.1, -0.05) is 0 Å². The number of alkyl halides is 2. The van der Waals surface area contributed by atoms with Gasteiger partial charge >= 0.3 is 0 Å². The highest BCUT2D eigenvalue weighted by Gasteiger charge is 2.16. The van der Waals surface area contributed by atoms with Crippen LogP contribution < -0.4 is 5.32 Å². The maximum Gasteiger partial charge on any atom is 0.279 e. The number of hydrogen-bond donors (Lipinski definition) is 3. The molecule has 3 N–H and O–H groups in total. The fourth-order valence-corrected chi connectivity index (χ4v) is 1.66. The molecule has 0 saturated carbocycles. The maximum absolute atomic E-state index is 12.3. The second kappa shape index (κ2) is 5.17. The van der Waals surface area contributed by atoms with E-state index < -0.39 is 12.3 Å². The highest BCUT2D eigenvalue weighted by atomic mass is 19.3. The standard InChI is InChI=1S/C11H13F2N5O/c1-5-7(6(2)16-15-5)4-14-11(19)9-3-8(10(12)13)17-18-9/h3,10H,4H2,1-2H3,(H,14,19)(H,15,16)(H,17,18). The van der Waals surface area contributed by atoms with Crippen molar-refractivity contribution in [2.24, 2.45) is 0 Å². The Kier molecular flexibility index (Phi) is 3.59. The molecule has 0 spiro atoms. The molecule has 0 atom stereocenters. The lowest BCUT2D eigenvalue weighted by atomic mass is 10.2. The van der Waals surface area contributed by atoms with Crippen molar-refractivity contribution in [1.29, 1.82) is 0 Å². The Labute approximate surface area is 107 Å². The molecule has 0 aliphatic carbocycles. The number of nitrogens with zero attached hydrogens (tertiary/aromatic N) is 2. The monoisotopic (exact) mass is 269 g/mol. The van der Waals surface area contributed by atoms with Gasteiger partial charge in [-0.2, -0.15) is 10.2 Å². The topological polar surface area (TPSA) is 86.5 Å². The minimum atomic E-state index is -2.67. The number of rotatable bonds is 4. The number of aromatic nitrogens is 4. The van der Waals surface area contributed by atoms with Gasteiger partial charge in [0.15, 0.2) is 0 Å². The quantitative estimate of drug-likeness (QED) is 0.788. The molecule has 6 nitrogen and oxygen atoms in total. The zero-order valence-corrected chi connectivity index (χ0v) is 10.4. The Hall–Kier alpha value is -2.25. The van der Waals surface area contributed by atoms with E-state index in [0.717, 1.165) is 23.0 Å². The van der Waals surface area contributed by atoms with Crippen LogP contribution in [0.5, 0.6) is 0 Å². The number of carbonyl (C=O) groups excluding carboxylic acids is 1. The summed E-state index contributed by atoms with van der Waals surface area (Å²) in [6, 6.07) is 1.04. The molecule has 0 fully saturated rings. The van der Waals surface area contributed by atoms with Crippen molar-refractivity contribution in [2.45, 2.75) is 26.8 Å². The van der Waals surface area contributed by atoms with Gasteiger partial charge in [-0.3, -0.25) is 15.0 Å². The largest absolute Gasteiger partial charge is 0.346 e. The number of aryl methyl sites for hydroxylation is 2. The van der Waals surface area contributed by atoms with E-state index in [-0.39, 0.29) is 17.9 Å². The molecule has 0 aliphatic heterocycles. The maximum atomic E-state index is 12.3. The molecule has 0 aromatic carbocycles. The van der Waals surface area contributed by atoms with E-state index in [4.69, 9.17) is 0 Å². The normalized spacial score (nSPS) is 11.0. The van der Waals surface area contributed by atoms with E-state index in [1.54, 1.807) is 0 Å². The van der Waals surface area contributed by atoms with Gasteiger partial charge in [0.05, 0.1) is 5.69 Å². The van der Waals surface area contributed by atoms with Gasteiger partial charge in [0.1, 0.15) is 11.4 Å². The molecule has 102 valence electrons. The third kappa shape index (κ3) is 2.78. The summed E-state index contributed by atoms with van der Waals surface area (Å²) in [7, 11) is 0. The van der Waals surface area contributed by atoms with Crippen LogP contribution >= 0.6 is 0 Å². The number of aromatic amines is 2. The lowest BCUT2D eigenvalue weighted by Crippen LogP contribution is -2.23. The molecule has 2 heterocycles. The van der Waals surface area contributed by atoms with Gasteiger partial charge in [-0.25, -0.2) is 8.78 Å². The summed E-state index contributed by atoms with van der Waals surface area (Å²) in [5.41, 5.74) is 2.08. The van der Waals surface area contributed by atoms with Gasteiger partial charge in [0.25, 0.3) is 12.3 Å². The summed E-state index contributed by atoms with van der Waals surface area (Å²) in [4.78, 5) is 11.7. The number of H-pyrrole nitrogens is 2. The number of carbonyl (C=O) groups is 1. The van der Waals surface area contributed by atoms with E-state index in [1.807, 2.05) is 13.8 Å². The van der Waals surface area contributed by atoms with Crippen molar-refractivity contribution in [3.63, 3.8) is 0 Å². The Morgan fingerprint density at radius 1 is 1.37 bits per heavy atom. The summed E-state index contributed by atoms with van der Waals surface area (Å²) in [5.74, 6) is -0.511. The molecule has 2 rings (SSSR count). The van der Waals surface area contributed by atoms with Gasteiger partial charge in [0.2, 0.25) is 0 Å². The van der Waals surface area contributed by atoms with Crippen molar-refractivity contribution in [1.82, 2.24) is 25.7 Å². The molecule has 2 aromatic rings. The Morgan fingerprint density at radius 3 is 2.63 bits per heavy atom. The first-order chi connectivity index (χ1) is 8.99. The Bertz CT molecular complexity index is 570. The van der Waals surface area contributed by atoms with Crippen LogP contribution in [-0.2, 0) is 6.54 Å². The summed E-state index contributed by atoms with van der Waals surface area (Å²) < 4.78 is 24.7. The second-order valence-corrected chi connectivity index (χ2v) is 4.10. The van der Waals surface area contributed by atoms with Gasteiger partial charge in [0, 0.05) is 17.8 Å². The first kappa shape index (κ1) is 13.2. The number of hydrogen-bond acceptors (Lipinski definition) is 3. The predicted octanol–water partition coefficient (Wildman–Crippen LogP) is 1.62. The Morgan fingerprint density at radius 2 is 2.11 bits per heavy atom. The van der Waals surface area contributed by atoms with E-state index in [0.29, 0.717) is 0 Å². The molecule has 19 heavy (non-hydrogen) atoms. The van der Waals surface area contributed by atoms with Crippen LogP contribution in [0.15, 0.2) is 6.07 Å². The van der Waals surface area contributed by atoms with Crippen LogP contribution in [0.1, 0.15) is 39.6 Å². The first-order valence-corrected chi connectivity index (χ1v) is 5.61. The smallest absolute Gasteiger partial charge is 0.279 e. The number of nitrogens with one attached hydrogen (secondary N) is 3. The average Bonchev–Trinajstić information content (AvgIpc) is 2.95. The van der Waals surface area contributed by atoms with E-state index in [9.17, 15) is 13.6 Å². The van der Waals surface area contributed by atoms with Crippen molar-refractivity contribution >= 4 is 5.91 Å². The minimum absolute atomic E-state index is 0.0610. The molecule has 0 saturated heterocycles. The molecule has 1 amide bonds. The molecule has 2 aromatic heterocycles. The van der Waals surface area contributed by atoms with Gasteiger partial charge < -0.3 is 5.32 Å². The summed E-state index contributed by atoms with van der Waals surface area (Å²) >= 11 is 0. The molecule has 0 unspecified atom stereocenters. The summed E-state index contributed by atoms with van der Waals surface area (Å²) in [6.07, 6.45) is -2.67. The van der Waals surface area contributed by atoms with E-state index in [2.05, 4.69) is 25.7 Å². The lowest BCUT2D eigenvalue weighted by molar-refractivity contribution is 0.0946. The van der Waals surface area contributed by atoms with Crippen molar-refractivity contribution < 1.29 is 13.6 Å². The van der Waals surface area contributed by atoms with Crippen molar-refractivity contribution in [3.8, 4) is 0 Å². The third-order valence-electron chi connectivity index (χ3n) is 2.77. The fourth-order valence-electron chi connectivity index (χ4n) is 1.66. The first-order valence-electron chi connectivity index (χ1n) is 5.61. The SMILES string of the molecule is Cc1n[nH]c(C)c1CNC(=O)c1cc(C(F)F)[nH]n1. The van der Waals surface area contributed by atoms with Gasteiger partial charge in [-0.15, -0.1) is 0 Å². The average molecular weight is 269 g/mol. The lowest BCUT2D eigenvalue weighted by Gasteiger charge is -2.03. The molecular weight excluding hydrogens is 256 g/mol. The molecule has 8 heteroatoms. The van der Waals surface area contributed by atoms with Crippen LogP contribution in [0.2, 0.25) is 0 Å². The van der Waals surface area contributed by atoms with Crippen LogP contribution in [0.3, 0.4) is 0 Å². The van der Waals surface area contributed by atoms with Crippen LogP contribution in [0, 0.1) is 13.8 Å². The number of amides is 1. The van der Waals surface area contributed by atoms with Crippen LogP contribution in [-0.4, -0.2) is 26.3 Å².